The lowest BCUT2D eigenvalue weighted by Crippen LogP contribution is -2.49. The van der Waals surface area contributed by atoms with Crippen molar-refractivity contribution in [3.05, 3.63) is 35.9 Å². The summed E-state index contributed by atoms with van der Waals surface area (Å²) in [4.78, 5) is 14.5. The van der Waals surface area contributed by atoms with Crippen LogP contribution in [-0.2, 0) is 11.3 Å². The van der Waals surface area contributed by atoms with E-state index in [9.17, 15) is 4.79 Å². The van der Waals surface area contributed by atoms with E-state index in [1.807, 2.05) is 6.07 Å². The summed E-state index contributed by atoms with van der Waals surface area (Å²) in [6.07, 6.45) is 3.54. The lowest BCUT2D eigenvalue weighted by molar-refractivity contribution is -0.125. The van der Waals surface area contributed by atoms with Gasteiger partial charge in [-0.2, -0.15) is 5.26 Å². The van der Waals surface area contributed by atoms with E-state index in [1.54, 1.807) is 0 Å². The minimum absolute atomic E-state index is 0.0587. The zero-order valence-electron chi connectivity index (χ0n) is 12.2. The molecule has 1 atom stereocenters. The van der Waals surface area contributed by atoms with Gasteiger partial charge in [-0.05, 0) is 37.8 Å². The number of carbonyl (C=O) groups is 1. The first-order valence-corrected chi connectivity index (χ1v) is 7.70. The predicted molar refractivity (Wildman–Crippen MR) is 80.2 cm³/mol. The second kappa shape index (κ2) is 5.87. The number of carbonyl (C=O) groups excluding carboxylic acids is 1. The van der Waals surface area contributed by atoms with Crippen LogP contribution in [0.15, 0.2) is 30.3 Å². The molecular weight excluding hydrogens is 262 g/mol. The Morgan fingerprint density at radius 2 is 2.14 bits per heavy atom. The molecule has 1 aliphatic heterocycles. The minimum Gasteiger partial charge on any atom is -0.351 e. The smallest absolute Gasteiger partial charge is 0.240 e. The molecule has 0 bridgehead atoms. The van der Waals surface area contributed by atoms with Crippen LogP contribution < -0.4 is 5.32 Å². The van der Waals surface area contributed by atoms with Crippen LogP contribution >= 0.6 is 0 Å². The van der Waals surface area contributed by atoms with Crippen LogP contribution in [0.1, 0.15) is 31.2 Å². The third-order valence-electron chi connectivity index (χ3n) is 4.49. The molecule has 1 heterocycles. The quantitative estimate of drug-likeness (QED) is 0.920. The normalized spacial score (nSPS) is 24.0. The molecule has 1 aliphatic carbocycles. The Bertz CT molecular complexity index is 545. The molecule has 21 heavy (non-hydrogen) atoms. The highest BCUT2D eigenvalue weighted by Gasteiger charge is 2.51. The van der Waals surface area contributed by atoms with E-state index < -0.39 is 5.41 Å². The molecule has 1 saturated carbocycles. The van der Waals surface area contributed by atoms with Gasteiger partial charge in [0, 0.05) is 19.1 Å². The maximum Gasteiger partial charge on any atom is 0.240 e. The SMILES string of the molecule is N#CC1(C(=O)NC2CCCN(Cc3ccccc3)C2)CC1. The Hall–Kier alpha value is -1.86. The molecule has 1 saturated heterocycles. The van der Waals surface area contributed by atoms with Crippen molar-refractivity contribution in [1.82, 2.24) is 10.2 Å². The number of hydrogen-bond donors (Lipinski definition) is 1. The van der Waals surface area contributed by atoms with Crippen LogP contribution in [0.3, 0.4) is 0 Å². The average molecular weight is 283 g/mol. The first-order valence-electron chi connectivity index (χ1n) is 7.70. The molecular formula is C17H21N3O. The number of nitrogens with zero attached hydrogens (tertiary/aromatic N) is 2. The van der Waals surface area contributed by atoms with Crippen LogP contribution in [0, 0.1) is 16.7 Å². The van der Waals surface area contributed by atoms with Crippen LogP contribution in [0.4, 0.5) is 0 Å². The van der Waals surface area contributed by atoms with Crippen LogP contribution in [0.5, 0.6) is 0 Å². The van der Waals surface area contributed by atoms with Crippen molar-refractivity contribution >= 4 is 5.91 Å². The molecule has 2 fully saturated rings. The van der Waals surface area contributed by atoms with Crippen molar-refractivity contribution in [2.24, 2.45) is 5.41 Å². The van der Waals surface area contributed by atoms with E-state index >= 15 is 0 Å². The lowest BCUT2D eigenvalue weighted by atomic mass is 10.0. The van der Waals surface area contributed by atoms with E-state index in [2.05, 4.69) is 40.6 Å². The largest absolute Gasteiger partial charge is 0.351 e. The molecule has 110 valence electrons. The standard InChI is InChI=1S/C17H21N3O/c18-13-17(8-9-17)16(21)19-15-7-4-10-20(12-15)11-14-5-2-1-3-6-14/h1-3,5-6,15H,4,7-12H2,(H,19,21). The van der Waals surface area contributed by atoms with Crippen molar-refractivity contribution in [2.45, 2.75) is 38.3 Å². The summed E-state index contributed by atoms with van der Waals surface area (Å²) in [5.41, 5.74) is 0.599. The molecule has 1 amide bonds. The van der Waals surface area contributed by atoms with Gasteiger partial charge in [0.25, 0.3) is 0 Å². The highest BCUT2D eigenvalue weighted by molar-refractivity contribution is 5.88. The Morgan fingerprint density at radius 1 is 1.38 bits per heavy atom. The third kappa shape index (κ3) is 3.25. The van der Waals surface area contributed by atoms with Gasteiger partial charge < -0.3 is 5.32 Å². The van der Waals surface area contributed by atoms with Crippen molar-refractivity contribution in [1.29, 1.82) is 5.26 Å². The van der Waals surface area contributed by atoms with Gasteiger partial charge in [-0.25, -0.2) is 0 Å². The summed E-state index contributed by atoms with van der Waals surface area (Å²) < 4.78 is 0. The highest BCUT2D eigenvalue weighted by atomic mass is 16.2. The first kappa shape index (κ1) is 14.1. The van der Waals surface area contributed by atoms with Gasteiger partial charge in [0.1, 0.15) is 5.41 Å². The van der Waals surface area contributed by atoms with E-state index in [-0.39, 0.29) is 11.9 Å². The molecule has 1 N–H and O–H groups in total. The molecule has 1 unspecified atom stereocenters. The minimum atomic E-state index is -0.707. The maximum atomic E-state index is 12.1. The van der Waals surface area contributed by atoms with Crippen molar-refractivity contribution < 1.29 is 4.79 Å². The fraction of sp³-hybridized carbons (Fsp3) is 0.529. The summed E-state index contributed by atoms with van der Waals surface area (Å²) in [6, 6.07) is 12.8. The number of nitriles is 1. The van der Waals surface area contributed by atoms with Gasteiger partial charge in [0.15, 0.2) is 0 Å². The van der Waals surface area contributed by atoms with Gasteiger partial charge in [-0.1, -0.05) is 30.3 Å². The number of nitrogens with one attached hydrogen (secondary N) is 1. The molecule has 0 aromatic heterocycles. The van der Waals surface area contributed by atoms with Gasteiger partial charge in [-0.15, -0.1) is 0 Å². The second-order valence-electron chi connectivity index (χ2n) is 6.23. The number of amides is 1. The molecule has 0 radical (unpaired) electrons. The number of likely N-dealkylation sites (tertiary alicyclic amines) is 1. The Balaban J connectivity index is 1.54. The number of rotatable bonds is 4. The van der Waals surface area contributed by atoms with Crippen molar-refractivity contribution in [3.8, 4) is 6.07 Å². The summed E-state index contributed by atoms with van der Waals surface area (Å²) in [7, 11) is 0. The fourth-order valence-electron chi connectivity index (χ4n) is 3.00. The van der Waals surface area contributed by atoms with Crippen molar-refractivity contribution in [3.63, 3.8) is 0 Å². The van der Waals surface area contributed by atoms with Crippen LogP contribution in [-0.4, -0.2) is 29.9 Å². The zero-order chi connectivity index (χ0) is 14.7. The lowest BCUT2D eigenvalue weighted by Gasteiger charge is -2.33. The van der Waals surface area contributed by atoms with Gasteiger partial charge in [0.2, 0.25) is 5.91 Å². The van der Waals surface area contributed by atoms with E-state index in [0.717, 1.165) is 45.3 Å². The summed E-state index contributed by atoms with van der Waals surface area (Å²) >= 11 is 0. The summed E-state index contributed by atoms with van der Waals surface area (Å²) in [5, 5.41) is 12.2. The molecule has 3 rings (SSSR count). The predicted octanol–water partition coefficient (Wildman–Crippen LogP) is 2.07. The Labute approximate surface area is 125 Å². The zero-order valence-corrected chi connectivity index (χ0v) is 12.2. The fourth-order valence-corrected chi connectivity index (χ4v) is 3.00. The van der Waals surface area contributed by atoms with E-state index in [1.165, 1.54) is 5.56 Å². The Kier molecular flexibility index (Phi) is 3.94. The summed E-state index contributed by atoms with van der Waals surface area (Å²) in [6.45, 7) is 2.88. The number of hydrogen-bond acceptors (Lipinski definition) is 3. The molecule has 1 aromatic carbocycles. The van der Waals surface area contributed by atoms with Crippen LogP contribution in [0.25, 0.3) is 0 Å². The summed E-state index contributed by atoms with van der Waals surface area (Å²) in [5.74, 6) is -0.0587. The first-order chi connectivity index (χ1) is 10.2. The molecule has 4 nitrogen and oxygen atoms in total. The second-order valence-corrected chi connectivity index (χ2v) is 6.23. The molecule has 1 aromatic rings. The van der Waals surface area contributed by atoms with E-state index in [0.29, 0.717) is 0 Å². The molecule has 4 heteroatoms. The molecule has 2 aliphatic rings. The maximum absolute atomic E-state index is 12.1. The topological polar surface area (TPSA) is 56.1 Å². The number of piperidine rings is 1. The van der Waals surface area contributed by atoms with Crippen molar-refractivity contribution in [2.75, 3.05) is 13.1 Å². The van der Waals surface area contributed by atoms with E-state index in [4.69, 9.17) is 5.26 Å². The molecule has 0 spiro atoms. The average Bonchev–Trinajstić information content (AvgIpc) is 3.30. The van der Waals surface area contributed by atoms with Gasteiger partial charge in [0.05, 0.1) is 6.07 Å². The van der Waals surface area contributed by atoms with Crippen LogP contribution in [0.2, 0.25) is 0 Å². The third-order valence-corrected chi connectivity index (χ3v) is 4.49. The number of benzene rings is 1. The van der Waals surface area contributed by atoms with Gasteiger partial charge >= 0.3 is 0 Å². The van der Waals surface area contributed by atoms with Gasteiger partial charge in [-0.3, -0.25) is 9.69 Å². The Morgan fingerprint density at radius 3 is 2.81 bits per heavy atom. The monoisotopic (exact) mass is 283 g/mol. The highest BCUT2D eigenvalue weighted by Crippen LogP contribution is 2.45.